The lowest BCUT2D eigenvalue weighted by molar-refractivity contribution is 0.342. The molecule has 3 aromatic heterocycles. The molecule has 0 spiro atoms. The number of halogens is 1. The number of benzene rings is 1. The second-order valence-electron chi connectivity index (χ2n) is 10.2. The minimum absolute atomic E-state index is 0.104. The van der Waals surface area contributed by atoms with Gasteiger partial charge in [0.1, 0.15) is 21.3 Å². The van der Waals surface area contributed by atoms with Crippen molar-refractivity contribution in [3.8, 4) is 11.3 Å². The summed E-state index contributed by atoms with van der Waals surface area (Å²) in [7, 11) is -1.26. The smallest absolute Gasteiger partial charge is 0.173 e. The molecule has 37 heavy (non-hydrogen) atoms. The van der Waals surface area contributed by atoms with Crippen molar-refractivity contribution in [1.82, 2.24) is 19.7 Å². The van der Waals surface area contributed by atoms with E-state index in [0.717, 1.165) is 22.0 Å². The summed E-state index contributed by atoms with van der Waals surface area (Å²) in [6.45, 7) is 7.03. The molecule has 4 aromatic rings. The number of anilines is 3. The van der Waals surface area contributed by atoms with Gasteiger partial charge in [-0.15, -0.1) is 0 Å². The third kappa shape index (κ3) is 4.90. The largest absolute Gasteiger partial charge is 0.368 e. The first-order valence-corrected chi connectivity index (χ1v) is 14.4. The van der Waals surface area contributed by atoms with Gasteiger partial charge in [-0.25, -0.2) is 17.8 Å². The highest BCUT2D eigenvalue weighted by Crippen LogP contribution is 2.40. The molecule has 1 N–H and O–H groups in total. The molecule has 1 aromatic carbocycles. The average Bonchev–Trinajstić information content (AvgIpc) is 3.27. The van der Waals surface area contributed by atoms with Crippen molar-refractivity contribution in [3.05, 3.63) is 60.4 Å². The third-order valence-electron chi connectivity index (χ3n) is 7.10. The quantitative estimate of drug-likeness (QED) is 0.369. The number of fused-ring (bicyclic) bond motifs is 1. The van der Waals surface area contributed by atoms with Gasteiger partial charge in [0.2, 0.25) is 0 Å². The van der Waals surface area contributed by atoms with Crippen LogP contribution in [-0.4, -0.2) is 52.8 Å². The molecule has 0 radical (unpaired) electrons. The van der Waals surface area contributed by atoms with Gasteiger partial charge in [0, 0.05) is 67.0 Å². The Hall–Kier alpha value is -3.53. The maximum atomic E-state index is 15.4. The lowest BCUT2D eigenvalue weighted by Gasteiger charge is -2.48. The topological polar surface area (TPSA) is 93.0 Å². The Kier molecular flexibility index (Phi) is 6.39. The molecule has 0 unspecified atom stereocenters. The molecule has 0 saturated carbocycles. The SMILES string of the molecule is CC(C)c1ccc(N2C[C@H](CS(C)(=O)=O)[C@H]2C)c2cnc(Nc3ccnc(-c4cnn(C)c4)c3F)cc12. The predicted molar refractivity (Wildman–Crippen MR) is 146 cm³/mol. The number of hydrogen-bond donors (Lipinski definition) is 1. The Bertz CT molecular complexity index is 1580. The van der Waals surface area contributed by atoms with Crippen LogP contribution in [0.3, 0.4) is 0 Å². The summed E-state index contributed by atoms with van der Waals surface area (Å²) in [5.41, 5.74) is 3.29. The fraction of sp³-hybridized carbons (Fsp3) is 0.370. The second-order valence-corrected chi connectivity index (χ2v) is 12.4. The van der Waals surface area contributed by atoms with E-state index >= 15 is 4.39 Å². The second kappa shape index (κ2) is 9.41. The molecule has 2 atom stereocenters. The van der Waals surface area contributed by atoms with Crippen LogP contribution in [0, 0.1) is 11.7 Å². The number of pyridine rings is 2. The van der Waals surface area contributed by atoms with Gasteiger partial charge in [-0.2, -0.15) is 5.10 Å². The van der Waals surface area contributed by atoms with Gasteiger partial charge in [-0.1, -0.05) is 19.9 Å². The Morgan fingerprint density at radius 3 is 2.59 bits per heavy atom. The van der Waals surface area contributed by atoms with Crippen molar-refractivity contribution in [2.75, 3.05) is 28.8 Å². The van der Waals surface area contributed by atoms with Gasteiger partial charge in [0.15, 0.2) is 5.82 Å². The van der Waals surface area contributed by atoms with Crippen molar-refractivity contribution < 1.29 is 12.8 Å². The van der Waals surface area contributed by atoms with Crippen LogP contribution in [-0.2, 0) is 16.9 Å². The van der Waals surface area contributed by atoms with Crippen LogP contribution < -0.4 is 10.2 Å². The fourth-order valence-electron chi connectivity index (χ4n) is 5.08. The Labute approximate surface area is 216 Å². The number of sulfone groups is 1. The van der Waals surface area contributed by atoms with Gasteiger partial charge in [-0.3, -0.25) is 9.67 Å². The molecule has 8 nitrogen and oxygen atoms in total. The molecule has 0 amide bonds. The number of hydrogen-bond acceptors (Lipinski definition) is 7. The monoisotopic (exact) mass is 522 g/mol. The lowest BCUT2D eigenvalue weighted by Crippen LogP contribution is -2.57. The third-order valence-corrected chi connectivity index (χ3v) is 8.13. The summed E-state index contributed by atoms with van der Waals surface area (Å²) in [6, 6.07) is 7.87. The summed E-state index contributed by atoms with van der Waals surface area (Å²) < 4.78 is 40.6. The molecule has 1 saturated heterocycles. The Morgan fingerprint density at radius 2 is 1.95 bits per heavy atom. The van der Waals surface area contributed by atoms with Crippen molar-refractivity contribution in [3.63, 3.8) is 0 Å². The molecule has 4 heterocycles. The van der Waals surface area contributed by atoms with Crippen molar-refractivity contribution >= 4 is 37.8 Å². The van der Waals surface area contributed by atoms with Crippen LogP contribution >= 0.6 is 0 Å². The Morgan fingerprint density at radius 1 is 1.16 bits per heavy atom. The zero-order valence-corrected chi connectivity index (χ0v) is 22.4. The van der Waals surface area contributed by atoms with E-state index in [0.29, 0.717) is 17.9 Å². The van der Waals surface area contributed by atoms with Crippen LogP contribution in [0.15, 0.2) is 49.1 Å². The van der Waals surface area contributed by atoms with E-state index in [4.69, 9.17) is 0 Å². The summed E-state index contributed by atoms with van der Waals surface area (Å²) >= 11 is 0. The number of rotatable bonds is 7. The summed E-state index contributed by atoms with van der Waals surface area (Å²) in [5.74, 6) is 0.625. The van der Waals surface area contributed by atoms with E-state index in [2.05, 4.69) is 58.2 Å². The summed E-state index contributed by atoms with van der Waals surface area (Å²) in [5, 5.41) is 9.27. The van der Waals surface area contributed by atoms with Gasteiger partial charge in [0.25, 0.3) is 0 Å². The van der Waals surface area contributed by atoms with Gasteiger partial charge in [-0.05, 0) is 42.0 Å². The maximum Gasteiger partial charge on any atom is 0.173 e. The van der Waals surface area contributed by atoms with E-state index in [9.17, 15) is 8.42 Å². The molecule has 194 valence electrons. The van der Waals surface area contributed by atoms with Crippen LogP contribution in [0.2, 0.25) is 0 Å². The maximum absolute atomic E-state index is 15.4. The fourth-order valence-corrected chi connectivity index (χ4v) is 6.24. The van der Waals surface area contributed by atoms with E-state index in [1.165, 1.54) is 6.26 Å². The minimum atomic E-state index is -3.03. The average molecular weight is 523 g/mol. The minimum Gasteiger partial charge on any atom is -0.368 e. The molecular formula is C27H31FN6O2S. The summed E-state index contributed by atoms with van der Waals surface area (Å²) in [4.78, 5) is 11.1. The zero-order valence-electron chi connectivity index (χ0n) is 21.6. The standard InChI is InChI=1S/C27H31FN6O2S/c1-16(2)20-6-7-24(34-14-19(17(34)3)15-37(5,35)36)22-12-30-25(10-21(20)22)32-23-8-9-29-27(26(23)28)18-11-31-33(4)13-18/h6-13,16-17,19H,14-15H2,1-5H3,(H,29,30,32)/t17-,19-/m1/s1. The highest BCUT2D eigenvalue weighted by molar-refractivity contribution is 7.90. The molecule has 1 aliphatic heterocycles. The van der Waals surface area contributed by atoms with E-state index in [1.807, 2.05) is 12.3 Å². The molecule has 5 rings (SSSR count). The number of aryl methyl sites for hydroxylation is 1. The predicted octanol–water partition coefficient (Wildman–Crippen LogP) is 4.91. The van der Waals surface area contributed by atoms with Gasteiger partial charge < -0.3 is 10.2 Å². The Balaban J connectivity index is 1.49. The first kappa shape index (κ1) is 25.1. The zero-order chi connectivity index (χ0) is 26.5. The van der Waals surface area contributed by atoms with E-state index < -0.39 is 15.7 Å². The molecule has 0 aliphatic carbocycles. The number of nitrogens with one attached hydrogen (secondary N) is 1. The number of aromatic nitrogens is 4. The first-order chi connectivity index (χ1) is 17.5. The molecule has 10 heteroatoms. The van der Waals surface area contributed by atoms with Crippen LogP contribution in [0.4, 0.5) is 21.6 Å². The first-order valence-electron chi connectivity index (χ1n) is 12.3. The van der Waals surface area contributed by atoms with Gasteiger partial charge in [0.05, 0.1) is 17.6 Å². The van der Waals surface area contributed by atoms with Gasteiger partial charge >= 0.3 is 0 Å². The normalized spacial score (nSPS) is 17.9. The van der Waals surface area contributed by atoms with Crippen LogP contribution in [0.1, 0.15) is 32.3 Å². The summed E-state index contributed by atoms with van der Waals surface area (Å²) in [6.07, 6.45) is 7.97. The number of nitrogens with zero attached hydrogens (tertiary/aromatic N) is 5. The van der Waals surface area contributed by atoms with Crippen molar-refractivity contribution in [2.45, 2.75) is 32.7 Å². The van der Waals surface area contributed by atoms with Crippen molar-refractivity contribution in [1.29, 1.82) is 0 Å². The highest BCUT2D eigenvalue weighted by atomic mass is 32.2. The van der Waals surface area contributed by atoms with E-state index in [1.54, 1.807) is 36.4 Å². The highest BCUT2D eigenvalue weighted by Gasteiger charge is 2.38. The molecule has 0 bridgehead atoms. The molecular weight excluding hydrogens is 491 g/mol. The molecule has 1 aliphatic rings. The lowest BCUT2D eigenvalue weighted by atomic mass is 9.88. The van der Waals surface area contributed by atoms with E-state index in [-0.39, 0.29) is 35.0 Å². The van der Waals surface area contributed by atoms with Crippen LogP contribution in [0.25, 0.3) is 22.0 Å². The van der Waals surface area contributed by atoms with Crippen molar-refractivity contribution in [2.24, 2.45) is 13.0 Å². The van der Waals surface area contributed by atoms with Crippen LogP contribution in [0.5, 0.6) is 0 Å². The molecule has 1 fully saturated rings.